The smallest absolute Gasteiger partial charge is 0.244 e. The highest BCUT2D eigenvalue weighted by Gasteiger charge is 2.33. The van der Waals surface area contributed by atoms with E-state index in [9.17, 15) is 18.0 Å². The Hall–Kier alpha value is -3.36. The van der Waals surface area contributed by atoms with Crippen LogP contribution in [0.1, 0.15) is 42.5 Å². The summed E-state index contributed by atoms with van der Waals surface area (Å²) in [7, 11) is -3.82. The summed E-state index contributed by atoms with van der Waals surface area (Å²) in [5, 5.41) is 3.58. The van der Waals surface area contributed by atoms with Crippen molar-refractivity contribution < 1.29 is 18.0 Å². The summed E-state index contributed by atoms with van der Waals surface area (Å²) in [5.41, 5.74) is 3.82. The molecule has 0 bridgehead atoms. The van der Waals surface area contributed by atoms with E-state index in [0.29, 0.717) is 10.7 Å². The van der Waals surface area contributed by atoms with Gasteiger partial charge in [-0.05, 0) is 73.7 Å². The molecule has 3 aromatic carbocycles. The van der Waals surface area contributed by atoms with Crippen molar-refractivity contribution in [1.29, 1.82) is 0 Å². The average molecular weight is 584 g/mol. The van der Waals surface area contributed by atoms with Crippen molar-refractivity contribution in [2.24, 2.45) is 0 Å². The van der Waals surface area contributed by atoms with Crippen LogP contribution in [0.15, 0.2) is 72.8 Å². The number of amides is 2. The van der Waals surface area contributed by atoms with Gasteiger partial charge in [-0.25, -0.2) is 8.42 Å². The first-order valence-corrected chi connectivity index (χ1v) is 15.5. The van der Waals surface area contributed by atoms with Gasteiger partial charge in [0.15, 0.2) is 0 Å². The molecule has 0 aliphatic heterocycles. The number of rotatable bonds is 12. The van der Waals surface area contributed by atoms with Crippen molar-refractivity contribution >= 4 is 39.1 Å². The van der Waals surface area contributed by atoms with E-state index in [2.05, 4.69) is 5.32 Å². The molecule has 0 aliphatic rings. The van der Waals surface area contributed by atoms with Crippen molar-refractivity contribution in [2.45, 2.75) is 59.2 Å². The zero-order valence-corrected chi connectivity index (χ0v) is 25.3. The topological polar surface area (TPSA) is 86.8 Å². The molecule has 1 N–H and O–H groups in total. The van der Waals surface area contributed by atoms with Gasteiger partial charge < -0.3 is 10.2 Å². The molecule has 0 radical (unpaired) electrons. The first kappa shape index (κ1) is 31.2. The van der Waals surface area contributed by atoms with Crippen LogP contribution < -0.4 is 9.62 Å². The van der Waals surface area contributed by atoms with Gasteiger partial charge in [0.2, 0.25) is 21.8 Å². The molecule has 3 rings (SSSR count). The molecule has 0 saturated carbocycles. The van der Waals surface area contributed by atoms with E-state index in [-0.39, 0.29) is 24.9 Å². The Morgan fingerprint density at radius 1 is 0.925 bits per heavy atom. The molecule has 0 fully saturated rings. The monoisotopic (exact) mass is 583 g/mol. The Labute approximate surface area is 243 Å². The van der Waals surface area contributed by atoms with Crippen LogP contribution in [0.5, 0.6) is 0 Å². The van der Waals surface area contributed by atoms with Crippen molar-refractivity contribution in [1.82, 2.24) is 10.2 Å². The fourth-order valence-electron chi connectivity index (χ4n) is 4.49. The molecule has 0 saturated heterocycles. The third-order valence-corrected chi connectivity index (χ3v) is 8.10. The van der Waals surface area contributed by atoms with E-state index >= 15 is 0 Å². The van der Waals surface area contributed by atoms with Crippen LogP contribution in [0.4, 0.5) is 5.69 Å². The molecule has 2 amide bonds. The number of aryl methyl sites for hydroxylation is 2. The van der Waals surface area contributed by atoms with Gasteiger partial charge in [0.05, 0.1) is 11.9 Å². The third-order valence-electron chi connectivity index (χ3n) is 6.71. The molecular weight excluding hydrogens is 546 g/mol. The Kier molecular flexibility index (Phi) is 10.8. The predicted molar refractivity (Wildman–Crippen MR) is 162 cm³/mol. The molecular formula is C31H38ClN3O4S. The van der Waals surface area contributed by atoms with Gasteiger partial charge in [0.25, 0.3) is 0 Å². The number of nitrogens with one attached hydrogen (secondary N) is 1. The molecule has 0 spiro atoms. The first-order valence-electron chi connectivity index (χ1n) is 13.3. The second kappa shape index (κ2) is 13.8. The standard InChI is InChI=1S/C31H38ClN3O4S/c1-6-24(4)33-31(37)29(19-25-10-8-7-9-11-25)34(20-26-12-14-27(32)15-13-26)30(36)21-35(40(5,38)39)28-17-22(2)16-23(3)18-28/h7-18,24,29H,6,19-21H2,1-5H3,(H,33,37)/t24-,29+/m0/s1. The number of carbonyl (C=O) groups is 2. The number of sulfonamides is 1. The van der Waals surface area contributed by atoms with Gasteiger partial charge in [0.1, 0.15) is 12.6 Å². The molecule has 0 aromatic heterocycles. The lowest BCUT2D eigenvalue weighted by molar-refractivity contribution is -0.140. The van der Waals surface area contributed by atoms with Gasteiger partial charge >= 0.3 is 0 Å². The maximum absolute atomic E-state index is 14.1. The van der Waals surface area contributed by atoms with Gasteiger partial charge in [0, 0.05) is 24.0 Å². The van der Waals surface area contributed by atoms with Gasteiger partial charge in [-0.3, -0.25) is 13.9 Å². The zero-order valence-electron chi connectivity index (χ0n) is 23.7. The number of halogens is 1. The van der Waals surface area contributed by atoms with Crippen LogP contribution >= 0.6 is 11.6 Å². The summed E-state index contributed by atoms with van der Waals surface area (Å²) >= 11 is 6.10. The Bertz CT molecular complexity index is 1390. The average Bonchev–Trinajstić information content (AvgIpc) is 2.89. The van der Waals surface area contributed by atoms with E-state index in [0.717, 1.165) is 39.2 Å². The number of carbonyl (C=O) groups excluding carboxylic acids is 2. The van der Waals surface area contributed by atoms with Crippen LogP contribution in [0, 0.1) is 13.8 Å². The summed E-state index contributed by atoms with van der Waals surface area (Å²) in [6, 6.07) is 21.0. The lowest BCUT2D eigenvalue weighted by Gasteiger charge is -2.34. The number of nitrogens with zero attached hydrogens (tertiary/aromatic N) is 2. The van der Waals surface area contributed by atoms with E-state index in [1.165, 1.54) is 4.90 Å². The largest absolute Gasteiger partial charge is 0.352 e. The van der Waals surface area contributed by atoms with Gasteiger partial charge in [-0.2, -0.15) is 0 Å². The van der Waals surface area contributed by atoms with E-state index in [1.54, 1.807) is 36.4 Å². The quantitative estimate of drug-likeness (QED) is 0.314. The molecule has 214 valence electrons. The van der Waals surface area contributed by atoms with Crippen LogP contribution in [0.2, 0.25) is 5.02 Å². The minimum Gasteiger partial charge on any atom is -0.352 e. The minimum atomic E-state index is -3.82. The summed E-state index contributed by atoms with van der Waals surface area (Å²) in [5.74, 6) is -0.780. The fraction of sp³-hybridized carbons (Fsp3) is 0.355. The summed E-state index contributed by atoms with van der Waals surface area (Å²) in [4.78, 5) is 29.3. The number of hydrogen-bond acceptors (Lipinski definition) is 4. The SMILES string of the molecule is CC[C@H](C)NC(=O)[C@@H](Cc1ccccc1)N(Cc1ccc(Cl)cc1)C(=O)CN(c1cc(C)cc(C)c1)S(C)(=O)=O. The van der Waals surface area contributed by atoms with E-state index < -0.39 is 28.5 Å². The highest BCUT2D eigenvalue weighted by Crippen LogP contribution is 2.23. The lowest BCUT2D eigenvalue weighted by atomic mass is 10.0. The molecule has 0 unspecified atom stereocenters. The zero-order chi connectivity index (χ0) is 29.4. The molecule has 3 aromatic rings. The molecule has 2 atom stereocenters. The molecule has 0 heterocycles. The Balaban J connectivity index is 2.07. The van der Waals surface area contributed by atoms with Crippen LogP contribution in [0.3, 0.4) is 0 Å². The van der Waals surface area contributed by atoms with Crippen LogP contribution in [0.25, 0.3) is 0 Å². The lowest BCUT2D eigenvalue weighted by Crippen LogP contribution is -2.54. The van der Waals surface area contributed by atoms with Crippen LogP contribution in [-0.4, -0.2) is 50.0 Å². The third kappa shape index (κ3) is 8.83. The van der Waals surface area contributed by atoms with Crippen molar-refractivity contribution in [3.05, 3.63) is 100 Å². The van der Waals surface area contributed by atoms with Gasteiger partial charge in [-0.15, -0.1) is 0 Å². The maximum Gasteiger partial charge on any atom is 0.244 e. The van der Waals surface area contributed by atoms with Crippen molar-refractivity contribution in [2.75, 3.05) is 17.1 Å². The molecule has 7 nitrogen and oxygen atoms in total. The number of hydrogen-bond donors (Lipinski definition) is 1. The molecule has 40 heavy (non-hydrogen) atoms. The highest BCUT2D eigenvalue weighted by molar-refractivity contribution is 7.92. The first-order chi connectivity index (χ1) is 18.9. The molecule has 0 aliphatic carbocycles. The van der Waals surface area contributed by atoms with Crippen LogP contribution in [-0.2, 0) is 32.6 Å². The van der Waals surface area contributed by atoms with Crippen molar-refractivity contribution in [3.63, 3.8) is 0 Å². The summed E-state index contributed by atoms with van der Waals surface area (Å²) in [6.45, 7) is 7.29. The number of anilines is 1. The molecule has 9 heteroatoms. The fourth-order valence-corrected chi connectivity index (χ4v) is 5.45. The highest BCUT2D eigenvalue weighted by atomic mass is 35.5. The second-order valence-electron chi connectivity index (χ2n) is 10.3. The van der Waals surface area contributed by atoms with E-state index in [1.807, 2.05) is 64.1 Å². The minimum absolute atomic E-state index is 0.0963. The van der Waals surface area contributed by atoms with Crippen molar-refractivity contribution in [3.8, 4) is 0 Å². The predicted octanol–water partition coefficient (Wildman–Crippen LogP) is 5.28. The maximum atomic E-state index is 14.1. The normalized spacial score (nSPS) is 12.8. The Morgan fingerprint density at radius 3 is 2.08 bits per heavy atom. The Morgan fingerprint density at radius 2 is 1.52 bits per heavy atom. The summed E-state index contributed by atoms with van der Waals surface area (Å²) < 4.78 is 27.0. The van der Waals surface area contributed by atoms with E-state index in [4.69, 9.17) is 11.6 Å². The second-order valence-corrected chi connectivity index (χ2v) is 12.6. The van der Waals surface area contributed by atoms with Gasteiger partial charge in [-0.1, -0.05) is 67.1 Å². The summed E-state index contributed by atoms with van der Waals surface area (Å²) in [6.07, 6.45) is 2.08. The number of benzene rings is 3.